The van der Waals surface area contributed by atoms with E-state index in [-0.39, 0.29) is 27.2 Å². The molecule has 1 aromatic heterocycles. The molecule has 10 heteroatoms. The molecule has 0 unspecified atom stereocenters. The van der Waals surface area contributed by atoms with Gasteiger partial charge in [-0.05, 0) is 36.2 Å². The molecule has 0 aliphatic heterocycles. The summed E-state index contributed by atoms with van der Waals surface area (Å²) < 4.78 is 26.7. The van der Waals surface area contributed by atoms with Crippen molar-refractivity contribution in [1.82, 2.24) is 9.97 Å². The minimum atomic E-state index is -3.92. The van der Waals surface area contributed by atoms with Gasteiger partial charge in [0.05, 0.1) is 9.82 Å². The molecule has 2 aromatic rings. The number of nitro benzene ring substituents is 1. The van der Waals surface area contributed by atoms with Gasteiger partial charge in [0.2, 0.25) is 5.28 Å². The van der Waals surface area contributed by atoms with Gasteiger partial charge in [-0.1, -0.05) is 0 Å². The summed E-state index contributed by atoms with van der Waals surface area (Å²) in [6, 6.07) is 4.80. The first-order chi connectivity index (χ1) is 9.79. The zero-order valence-corrected chi connectivity index (χ0v) is 12.2. The third-order valence-electron chi connectivity index (χ3n) is 2.52. The average molecular weight is 329 g/mol. The number of nitrogens with zero attached hydrogens (tertiary/aromatic N) is 3. The van der Waals surface area contributed by atoms with Gasteiger partial charge >= 0.3 is 0 Å². The molecule has 0 fully saturated rings. The topological polar surface area (TPSA) is 115 Å². The van der Waals surface area contributed by atoms with E-state index < -0.39 is 14.9 Å². The molecule has 0 amide bonds. The highest BCUT2D eigenvalue weighted by atomic mass is 35.5. The standard InChI is InChI=1S/C11H9ClN4O4S/c1-7-6-8(16(17)18)2-3-9(7)21(19,20)15-10-4-5-13-11(12)14-10/h2-6H,1H3,(H,13,14,15). The molecule has 1 aromatic carbocycles. The lowest BCUT2D eigenvalue weighted by Gasteiger charge is -2.09. The Balaban J connectivity index is 2.38. The summed E-state index contributed by atoms with van der Waals surface area (Å²) >= 11 is 5.57. The summed E-state index contributed by atoms with van der Waals surface area (Å²) in [5, 5.41) is 10.6. The van der Waals surface area contributed by atoms with Gasteiger partial charge in [-0.15, -0.1) is 0 Å². The van der Waals surface area contributed by atoms with E-state index in [2.05, 4.69) is 14.7 Å². The van der Waals surface area contributed by atoms with E-state index in [9.17, 15) is 18.5 Å². The number of non-ortho nitro benzene ring substituents is 1. The van der Waals surface area contributed by atoms with E-state index in [4.69, 9.17) is 11.6 Å². The van der Waals surface area contributed by atoms with Crippen LogP contribution in [-0.2, 0) is 10.0 Å². The van der Waals surface area contributed by atoms with Crippen LogP contribution in [0, 0.1) is 17.0 Å². The van der Waals surface area contributed by atoms with E-state index >= 15 is 0 Å². The van der Waals surface area contributed by atoms with Crippen LogP contribution in [-0.4, -0.2) is 23.3 Å². The van der Waals surface area contributed by atoms with Crippen molar-refractivity contribution in [2.45, 2.75) is 11.8 Å². The lowest BCUT2D eigenvalue weighted by atomic mass is 10.2. The summed E-state index contributed by atoms with van der Waals surface area (Å²) in [6.45, 7) is 1.47. The number of aryl methyl sites for hydroxylation is 1. The molecule has 0 spiro atoms. The molecule has 2 rings (SSSR count). The quantitative estimate of drug-likeness (QED) is 0.522. The van der Waals surface area contributed by atoms with Gasteiger partial charge in [0, 0.05) is 18.3 Å². The molecule has 0 saturated carbocycles. The molecule has 1 heterocycles. The molecule has 1 N–H and O–H groups in total. The summed E-state index contributed by atoms with van der Waals surface area (Å²) in [5.74, 6) is 0.00718. The SMILES string of the molecule is Cc1cc([N+](=O)[O-])ccc1S(=O)(=O)Nc1ccnc(Cl)n1. The van der Waals surface area contributed by atoms with Crippen LogP contribution in [0.3, 0.4) is 0 Å². The third kappa shape index (κ3) is 3.44. The maximum Gasteiger partial charge on any atom is 0.269 e. The predicted molar refractivity (Wildman–Crippen MR) is 75.7 cm³/mol. The lowest BCUT2D eigenvalue weighted by molar-refractivity contribution is -0.385. The van der Waals surface area contributed by atoms with Crippen LogP contribution < -0.4 is 4.72 Å². The maximum atomic E-state index is 12.2. The van der Waals surface area contributed by atoms with Crippen molar-refractivity contribution in [3.63, 3.8) is 0 Å². The second-order valence-electron chi connectivity index (χ2n) is 4.02. The number of nitro groups is 1. The number of nitrogens with one attached hydrogen (secondary N) is 1. The number of hydrogen-bond acceptors (Lipinski definition) is 6. The molecular weight excluding hydrogens is 320 g/mol. The van der Waals surface area contributed by atoms with E-state index in [0.29, 0.717) is 0 Å². The van der Waals surface area contributed by atoms with Crippen LogP contribution in [0.4, 0.5) is 11.5 Å². The lowest BCUT2D eigenvalue weighted by Crippen LogP contribution is -2.15. The van der Waals surface area contributed by atoms with Crippen molar-refractivity contribution in [3.8, 4) is 0 Å². The zero-order chi connectivity index (χ0) is 15.6. The molecule has 0 radical (unpaired) electrons. The molecule has 8 nitrogen and oxygen atoms in total. The first-order valence-corrected chi connectivity index (χ1v) is 7.42. The number of rotatable bonds is 4. The molecule has 0 atom stereocenters. The Hall–Kier alpha value is -2.26. The van der Waals surface area contributed by atoms with E-state index in [1.165, 1.54) is 31.3 Å². The average Bonchev–Trinajstić information content (AvgIpc) is 2.37. The first-order valence-electron chi connectivity index (χ1n) is 5.56. The maximum absolute atomic E-state index is 12.2. The molecule has 0 aliphatic carbocycles. The number of sulfonamides is 1. The Morgan fingerprint density at radius 1 is 1.33 bits per heavy atom. The largest absolute Gasteiger partial charge is 0.269 e. The highest BCUT2D eigenvalue weighted by molar-refractivity contribution is 7.92. The molecule has 0 aliphatic rings. The Bertz CT molecular complexity index is 810. The van der Waals surface area contributed by atoms with E-state index in [1.54, 1.807) is 0 Å². The van der Waals surface area contributed by atoms with Crippen molar-refractivity contribution in [2.75, 3.05) is 4.72 Å². The molecule has 0 bridgehead atoms. The number of hydrogen-bond donors (Lipinski definition) is 1. The Kier molecular flexibility index (Phi) is 4.05. The first kappa shape index (κ1) is 15.1. The highest BCUT2D eigenvalue weighted by Crippen LogP contribution is 2.23. The number of halogens is 1. The van der Waals surface area contributed by atoms with Crippen molar-refractivity contribution in [1.29, 1.82) is 0 Å². The zero-order valence-electron chi connectivity index (χ0n) is 10.6. The van der Waals surface area contributed by atoms with Crippen LogP contribution in [0.1, 0.15) is 5.56 Å². The number of anilines is 1. The minimum Gasteiger partial charge on any atom is -0.263 e. The van der Waals surface area contributed by atoms with Crippen molar-refractivity contribution >= 4 is 33.1 Å². The normalized spacial score (nSPS) is 11.1. The van der Waals surface area contributed by atoms with Crippen molar-refractivity contribution in [3.05, 3.63) is 51.4 Å². The van der Waals surface area contributed by atoms with Gasteiger partial charge in [-0.25, -0.2) is 13.4 Å². The Labute approximate surface area is 125 Å². The van der Waals surface area contributed by atoms with E-state index in [1.807, 2.05) is 0 Å². The third-order valence-corrected chi connectivity index (χ3v) is 4.22. The summed E-state index contributed by atoms with van der Waals surface area (Å²) in [5.41, 5.74) is 0.0633. The predicted octanol–water partition coefficient (Wildman–Crippen LogP) is 2.15. The van der Waals surface area contributed by atoms with Gasteiger partial charge < -0.3 is 0 Å². The summed E-state index contributed by atoms with van der Waals surface area (Å²) in [7, 11) is -3.92. The van der Waals surface area contributed by atoms with E-state index in [0.717, 1.165) is 6.07 Å². The van der Waals surface area contributed by atoms with Gasteiger partial charge in [0.15, 0.2) is 0 Å². The van der Waals surface area contributed by atoms with Crippen molar-refractivity contribution < 1.29 is 13.3 Å². The van der Waals surface area contributed by atoms with Crippen LogP contribution in [0.15, 0.2) is 35.4 Å². The smallest absolute Gasteiger partial charge is 0.263 e. The Morgan fingerprint density at radius 2 is 2.05 bits per heavy atom. The second kappa shape index (κ2) is 5.62. The molecule has 110 valence electrons. The van der Waals surface area contributed by atoms with Gasteiger partial charge in [-0.2, -0.15) is 4.98 Å². The summed E-state index contributed by atoms with van der Waals surface area (Å²) in [4.78, 5) is 17.3. The fraction of sp³-hybridized carbons (Fsp3) is 0.0909. The fourth-order valence-corrected chi connectivity index (χ4v) is 3.01. The Morgan fingerprint density at radius 3 is 2.62 bits per heavy atom. The van der Waals surface area contributed by atoms with Crippen LogP contribution in [0.5, 0.6) is 0 Å². The van der Waals surface area contributed by atoms with Gasteiger partial charge in [0.25, 0.3) is 15.7 Å². The van der Waals surface area contributed by atoms with Crippen molar-refractivity contribution in [2.24, 2.45) is 0 Å². The molecular formula is C11H9ClN4O4S. The van der Waals surface area contributed by atoms with Gasteiger partial charge in [0.1, 0.15) is 5.82 Å². The fourth-order valence-electron chi connectivity index (χ4n) is 1.63. The monoisotopic (exact) mass is 328 g/mol. The number of benzene rings is 1. The van der Waals surface area contributed by atoms with Crippen LogP contribution in [0.25, 0.3) is 0 Å². The molecule has 0 saturated heterocycles. The molecule has 21 heavy (non-hydrogen) atoms. The van der Waals surface area contributed by atoms with Crippen LogP contribution in [0.2, 0.25) is 5.28 Å². The van der Waals surface area contributed by atoms with Gasteiger partial charge in [-0.3, -0.25) is 14.8 Å². The minimum absolute atomic E-state index is 0.00718. The number of aromatic nitrogens is 2. The summed E-state index contributed by atoms with van der Waals surface area (Å²) in [6.07, 6.45) is 1.30. The highest BCUT2D eigenvalue weighted by Gasteiger charge is 2.20. The van der Waals surface area contributed by atoms with Crippen LogP contribution >= 0.6 is 11.6 Å². The second-order valence-corrected chi connectivity index (χ2v) is 6.01.